The average Bonchev–Trinajstić information content (AvgIpc) is 2.63. The monoisotopic (exact) mass is 394 g/mol. The Morgan fingerprint density at radius 2 is 2.05 bits per heavy atom. The summed E-state index contributed by atoms with van der Waals surface area (Å²) < 4.78 is 0. The molecular formula is C13H23IN4S. The van der Waals surface area contributed by atoms with Gasteiger partial charge in [0.25, 0.3) is 0 Å². The van der Waals surface area contributed by atoms with Crippen LogP contribution in [0.5, 0.6) is 0 Å². The summed E-state index contributed by atoms with van der Waals surface area (Å²) in [5.74, 6) is 0.713. The van der Waals surface area contributed by atoms with Gasteiger partial charge < -0.3 is 10.6 Å². The standard InChI is InChI=1S/C13H22N4S.HI/c1-11-10-16-12(18-11)6-7-15-13(14)17-8-4-2-3-5-9-17;/h10H,2-9H2,1H3,(H2,14,15);1H. The number of nitrogens with zero attached hydrogens (tertiary/aromatic N) is 3. The summed E-state index contributed by atoms with van der Waals surface area (Å²) >= 11 is 1.74. The Labute approximate surface area is 136 Å². The molecule has 0 amide bonds. The third-order valence-corrected chi connectivity index (χ3v) is 4.17. The zero-order valence-corrected chi connectivity index (χ0v) is 14.6. The van der Waals surface area contributed by atoms with Crippen LogP contribution in [-0.2, 0) is 6.42 Å². The summed E-state index contributed by atoms with van der Waals surface area (Å²) in [7, 11) is 0. The second kappa shape index (κ2) is 8.73. The van der Waals surface area contributed by atoms with Crippen LogP contribution in [0.3, 0.4) is 0 Å². The van der Waals surface area contributed by atoms with E-state index in [0.29, 0.717) is 5.96 Å². The van der Waals surface area contributed by atoms with Gasteiger partial charge in [0, 0.05) is 37.1 Å². The fourth-order valence-electron chi connectivity index (χ4n) is 2.18. The van der Waals surface area contributed by atoms with Crippen molar-refractivity contribution in [3.8, 4) is 0 Å². The molecule has 0 unspecified atom stereocenters. The van der Waals surface area contributed by atoms with Crippen LogP contribution >= 0.6 is 35.3 Å². The van der Waals surface area contributed by atoms with Crippen LogP contribution < -0.4 is 5.73 Å². The van der Waals surface area contributed by atoms with Crippen LogP contribution in [0.25, 0.3) is 0 Å². The molecule has 19 heavy (non-hydrogen) atoms. The summed E-state index contributed by atoms with van der Waals surface area (Å²) in [6.07, 6.45) is 7.93. The van der Waals surface area contributed by atoms with E-state index in [1.54, 1.807) is 11.3 Å². The van der Waals surface area contributed by atoms with Gasteiger partial charge in [0.15, 0.2) is 5.96 Å². The molecule has 1 aromatic heterocycles. The highest BCUT2D eigenvalue weighted by atomic mass is 127. The minimum Gasteiger partial charge on any atom is -0.370 e. The molecule has 0 spiro atoms. The van der Waals surface area contributed by atoms with Crippen molar-refractivity contribution in [1.82, 2.24) is 9.88 Å². The minimum absolute atomic E-state index is 0. The van der Waals surface area contributed by atoms with Crippen molar-refractivity contribution in [2.45, 2.75) is 39.0 Å². The Hall–Kier alpha value is -0.370. The number of likely N-dealkylation sites (tertiary alicyclic amines) is 1. The molecule has 1 aliphatic heterocycles. The smallest absolute Gasteiger partial charge is 0.191 e. The van der Waals surface area contributed by atoms with Gasteiger partial charge in [-0.25, -0.2) is 4.98 Å². The van der Waals surface area contributed by atoms with Gasteiger partial charge in [-0.15, -0.1) is 35.3 Å². The van der Waals surface area contributed by atoms with Crippen LogP contribution in [0.1, 0.15) is 35.6 Å². The highest BCUT2D eigenvalue weighted by molar-refractivity contribution is 14.0. The lowest BCUT2D eigenvalue weighted by Gasteiger charge is -2.20. The minimum atomic E-state index is 0. The third-order valence-electron chi connectivity index (χ3n) is 3.20. The van der Waals surface area contributed by atoms with Gasteiger partial charge in [-0.3, -0.25) is 4.99 Å². The second-order valence-corrected chi connectivity index (χ2v) is 6.08. The fourth-order valence-corrected chi connectivity index (χ4v) is 2.96. The topological polar surface area (TPSA) is 54.5 Å². The van der Waals surface area contributed by atoms with Crippen molar-refractivity contribution < 1.29 is 0 Å². The van der Waals surface area contributed by atoms with E-state index >= 15 is 0 Å². The number of hydrogen-bond acceptors (Lipinski definition) is 3. The molecule has 108 valence electrons. The molecule has 0 radical (unpaired) electrons. The van der Waals surface area contributed by atoms with E-state index in [4.69, 9.17) is 5.73 Å². The zero-order chi connectivity index (χ0) is 12.8. The van der Waals surface area contributed by atoms with E-state index in [1.807, 2.05) is 6.20 Å². The Morgan fingerprint density at radius 3 is 2.63 bits per heavy atom. The molecular weight excluding hydrogens is 371 g/mol. The molecule has 2 N–H and O–H groups in total. The number of aromatic nitrogens is 1. The summed E-state index contributed by atoms with van der Waals surface area (Å²) in [6.45, 7) is 4.95. The molecule has 2 rings (SSSR count). The summed E-state index contributed by atoms with van der Waals surface area (Å²) in [4.78, 5) is 12.3. The van der Waals surface area contributed by atoms with Gasteiger partial charge in [-0.05, 0) is 19.8 Å². The first-order chi connectivity index (χ1) is 8.75. The predicted molar refractivity (Wildman–Crippen MR) is 92.5 cm³/mol. The quantitative estimate of drug-likeness (QED) is 0.487. The van der Waals surface area contributed by atoms with E-state index in [9.17, 15) is 0 Å². The van der Waals surface area contributed by atoms with Gasteiger partial charge in [0.2, 0.25) is 0 Å². The van der Waals surface area contributed by atoms with Crippen LogP contribution in [0.4, 0.5) is 0 Å². The normalized spacial score (nSPS) is 16.9. The van der Waals surface area contributed by atoms with Crippen LogP contribution in [-0.4, -0.2) is 35.5 Å². The van der Waals surface area contributed by atoms with Gasteiger partial charge in [0.1, 0.15) is 0 Å². The maximum atomic E-state index is 6.05. The van der Waals surface area contributed by atoms with E-state index in [-0.39, 0.29) is 24.0 Å². The number of aliphatic imine (C=N–C) groups is 1. The van der Waals surface area contributed by atoms with E-state index < -0.39 is 0 Å². The molecule has 4 nitrogen and oxygen atoms in total. The van der Waals surface area contributed by atoms with Crippen molar-refractivity contribution in [3.05, 3.63) is 16.1 Å². The van der Waals surface area contributed by atoms with Crippen molar-refractivity contribution in [3.63, 3.8) is 0 Å². The van der Waals surface area contributed by atoms with Crippen LogP contribution in [0, 0.1) is 6.92 Å². The van der Waals surface area contributed by atoms with Crippen LogP contribution in [0.2, 0.25) is 0 Å². The zero-order valence-electron chi connectivity index (χ0n) is 11.5. The molecule has 1 aromatic rings. The highest BCUT2D eigenvalue weighted by Crippen LogP contribution is 2.12. The summed E-state index contributed by atoms with van der Waals surface area (Å²) in [5.41, 5.74) is 6.05. The first-order valence-electron chi connectivity index (χ1n) is 6.72. The van der Waals surface area contributed by atoms with Gasteiger partial charge in [0.05, 0.1) is 5.01 Å². The largest absolute Gasteiger partial charge is 0.370 e. The van der Waals surface area contributed by atoms with E-state index in [2.05, 4.69) is 21.8 Å². The lowest BCUT2D eigenvalue weighted by molar-refractivity contribution is 0.428. The SMILES string of the molecule is Cc1cnc(CCN=C(N)N2CCCCCC2)s1.I. The molecule has 0 atom stereocenters. The number of hydrogen-bond donors (Lipinski definition) is 1. The summed E-state index contributed by atoms with van der Waals surface area (Å²) in [6, 6.07) is 0. The molecule has 2 heterocycles. The molecule has 1 aliphatic rings. The van der Waals surface area contributed by atoms with Crippen molar-refractivity contribution >= 4 is 41.3 Å². The number of aryl methyl sites for hydroxylation is 1. The number of rotatable bonds is 3. The average molecular weight is 394 g/mol. The maximum Gasteiger partial charge on any atom is 0.191 e. The fraction of sp³-hybridized carbons (Fsp3) is 0.692. The predicted octanol–water partition coefficient (Wildman–Crippen LogP) is 2.80. The number of thiazole rings is 1. The second-order valence-electron chi connectivity index (χ2n) is 4.76. The molecule has 0 aromatic carbocycles. The van der Waals surface area contributed by atoms with Crippen molar-refractivity contribution in [2.75, 3.05) is 19.6 Å². The summed E-state index contributed by atoms with van der Waals surface area (Å²) in [5, 5.41) is 1.15. The number of nitrogens with two attached hydrogens (primary N) is 1. The molecule has 1 saturated heterocycles. The number of guanidine groups is 1. The van der Waals surface area contributed by atoms with Crippen LogP contribution in [0.15, 0.2) is 11.2 Å². The van der Waals surface area contributed by atoms with Crippen molar-refractivity contribution in [1.29, 1.82) is 0 Å². The third kappa shape index (κ3) is 5.64. The van der Waals surface area contributed by atoms with Gasteiger partial charge in [-0.2, -0.15) is 0 Å². The number of halogens is 1. The highest BCUT2D eigenvalue weighted by Gasteiger charge is 2.10. The molecule has 0 bridgehead atoms. The maximum absolute atomic E-state index is 6.05. The Kier molecular flexibility index (Phi) is 7.67. The molecule has 0 aliphatic carbocycles. The lowest BCUT2D eigenvalue weighted by atomic mass is 10.2. The molecule has 6 heteroatoms. The lowest BCUT2D eigenvalue weighted by Crippen LogP contribution is -2.38. The molecule has 1 fully saturated rings. The Morgan fingerprint density at radius 1 is 1.37 bits per heavy atom. The van der Waals surface area contributed by atoms with E-state index in [0.717, 1.165) is 31.1 Å². The van der Waals surface area contributed by atoms with Gasteiger partial charge >= 0.3 is 0 Å². The molecule has 0 saturated carbocycles. The first kappa shape index (κ1) is 16.7. The van der Waals surface area contributed by atoms with Gasteiger partial charge in [-0.1, -0.05) is 12.8 Å². The van der Waals surface area contributed by atoms with E-state index in [1.165, 1.54) is 30.6 Å². The Bertz CT molecular complexity index is 397. The first-order valence-corrected chi connectivity index (χ1v) is 7.53. The van der Waals surface area contributed by atoms with Crippen molar-refractivity contribution in [2.24, 2.45) is 10.7 Å². The Balaban J connectivity index is 0.00000180.